The van der Waals surface area contributed by atoms with E-state index >= 15 is 0 Å². The molecule has 1 atom stereocenters. The molecule has 1 unspecified atom stereocenters. The van der Waals surface area contributed by atoms with Gasteiger partial charge in [0, 0.05) is 24.1 Å². The minimum Gasteiger partial charge on any atom is -0.387 e. The first-order valence-electron chi connectivity index (χ1n) is 6.26. The van der Waals surface area contributed by atoms with Crippen LogP contribution in [0.1, 0.15) is 23.7 Å². The van der Waals surface area contributed by atoms with Gasteiger partial charge in [-0.1, -0.05) is 47.6 Å². The summed E-state index contributed by atoms with van der Waals surface area (Å²) in [6.07, 6.45) is 0.357. The molecule has 0 fully saturated rings. The highest BCUT2D eigenvalue weighted by molar-refractivity contribution is 6.01. The fraction of sp³-hybridized carbons (Fsp3) is 0.133. The molecule has 0 amide bonds. The van der Waals surface area contributed by atoms with Crippen LogP contribution in [0, 0.1) is 10.1 Å². The van der Waals surface area contributed by atoms with E-state index < -0.39 is 4.92 Å². The summed E-state index contributed by atoms with van der Waals surface area (Å²) in [5.74, 6) is 0. The minimum absolute atomic E-state index is 0.0688. The third-order valence-corrected chi connectivity index (χ3v) is 3.23. The third-order valence-electron chi connectivity index (χ3n) is 3.23. The maximum atomic E-state index is 10.8. The Morgan fingerprint density at radius 1 is 1.15 bits per heavy atom. The van der Waals surface area contributed by atoms with Gasteiger partial charge in [0.1, 0.15) is 0 Å². The zero-order valence-electron chi connectivity index (χ0n) is 10.6. The van der Waals surface area contributed by atoms with Crippen molar-refractivity contribution in [2.75, 3.05) is 0 Å². The van der Waals surface area contributed by atoms with E-state index in [1.807, 2.05) is 36.4 Å². The largest absolute Gasteiger partial charge is 0.387 e. The molecule has 0 bridgehead atoms. The van der Waals surface area contributed by atoms with Crippen molar-refractivity contribution in [2.45, 2.75) is 12.5 Å². The van der Waals surface area contributed by atoms with Crippen molar-refractivity contribution in [3.63, 3.8) is 0 Å². The van der Waals surface area contributed by atoms with Gasteiger partial charge in [-0.2, -0.15) is 0 Å². The van der Waals surface area contributed by atoms with Crippen molar-refractivity contribution in [3.8, 4) is 0 Å². The average molecular weight is 268 g/mol. The van der Waals surface area contributed by atoms with Crippen LogP contribution in [0.2, 0.25) is 0 Å². The maximum Gasteiger partial charge on any atom is 0.269 e. The van der Waals surface area contributed by atoms with Crippen LogP contribution in [0.25, 0.3) is 0 Å². The Hall–Kier alpha value is -2.69. The van der Waals surface area contributed by atoms with Crippen LogP contribution in [0.3, 0.4) is 0 Å². The summed E-state index contributed by atoms with van der Waals surface area (Å²) >= 11 is 0. The first-order chi connectivity index (χ1) is 9.74. The summed E-state index contributed by atoms with van der Waals surface area (Å²) in [7, 11) is 0. The molecule has 5 nitrogen and oxygen atoms in total. The predicted octanol–water partition coefficient (Wildman–Crippen LogP) is 3.46. The number of non-ortho nitro benzene ring substituents is 1. The van der Waals surface area contributed by atoms with Crippen LogP contribution >= 0.6 is 0 Å². The molecule has 0 spiro atoms. The first-order valence-corrected chi connectivity index (χ1v) is 6.26. The normalized spacial score (nSPS) is 17.4. The smallest absolute Gasteiger partial charge is 0.269 e. The standard InChI is InChI=1S/C15H12N2O3/c18-17(19)13-8-4-7-12(9-13)15-10-14(16-20-15)11-5-2-1-3-6-11/h1-9,15H,10H2. The molecule has 0 N–H and O–H groups in total. The van der Waals surface area contributed by atoms with E-state index in [2.05, 4.69) is 5.16 Å². The van der Waals surface area contributed by atoms with Gasteiger partial charge in [-0.25, -0.2) is 0 Å². The summed E-state index contributed by atoms with van der Waals surface area (Å²) in [6, 6.07) is 16.3. The Kier molecular flexibility index (Phi) is 3.16. The fourth-order valence-electron chi connectivity index (χ4n) is 2.20. The second kappa shape index (κ2) is 5.13. The Morgan fingerprint density at radius 3 is 2.70 bits per heavy atom. The Morgan fingerprint density at radius 2 is 1.95 bits per heavy atom. The molecule has 1 aliphatic heterocycles. The molecule has 20 heavy (non-hydrogen) atoms. The van der Waals surface area contributed by atoms with Crippen LogP contribution in [-0.4, -0.2) is 10.6 Å². The number of hydrogen-bond acceptors (Lipinski definition) is 4. The Balaban J connectivity index is 1.79. The molecule has 2 aromatic rings. The minimum atomic E-state index is -0.405. The molecular weight excluding hydrogens is 256 g/mol. The maximum absolute atomic E-state index is 10.8. The van der Waals surface area contributed by atoms with E-state index in [4.69, 9.17) is 4.84 Å². The number of nitro groups is 1. The van der Waals surface area contributed by atoms with Crippen LogP contribution in [0.4, 0.5) is 5.69 Å². The van der Waals surface area contributed by atoms with Crippen molar-refractivity contribution in [2.24, 2.45) is 5.16 Å². The number of hydrogen-bond donors (Lipinski definition) is 0. The number of oxime groups is 1. The van der Waals surface area contributed by atoms with Crippen LogP contribution in [0.5, 0.6) is 0 Å². The number of rotatable bonds is 3. The monoisotopic (exact) mass is 268 g/mol. The van der Waals surface area contributed by atoms with Gasteiger partial charge in [-0.3, -0.25) is 10.1 Å². The van der Waals surface area contributed by atoms with Gasteiger partial charge in [0.15, 0.2) is 6.10 Å². The molecule has 0 aliphatic carbocycles. The molecule has 0 radical (unpaired) electrons. The topological polar surface area (TPSA) is 64.7 Å². The number of nitro benzene ring substituents is 1. The molecule has 3 rings (SSSR count). The fourth-order valence-corrected chi connectivity index (χ4v) is 2.20. The van der Waals surface area contributed by atoms with Gasteiger partial charge in [-0.15, -0.1) is 0 Å². The molecule has 0 aromatic heterocycles. The molecular formula is C15H12N2O3. The average Bonchev–Trinajstić information content (AvgIpc) is 2.98. The van der Waals surface area contributed by atoms with Crippen molar-refractivity contribution in [1.29, 1.82) is 0 Å². The van der Waals surface area contributed by atoms with E-state index in [9.17, 15) is 10.1 Å². The van der Waals surface area contributed by atoms with E-state index in [0.717, 1.165) is 16.8 Å². The van der Waals surface area contributed by atoms with Crippen LogP contribution < -0.4 is 0 Å². The van der Waals surface area contributed by atoms with Crippen molar-refractivity contribution in [3.05, 3.63) is 75.8 Å². The first kappa shape index (κ1) is 12.3. The molecule has 0 saturated heterocycles. The summed E-state index contributed by atoms with van der Waals surface area (Å²) in [5.41, 5.74) is 2.72. The Labute approximate surface area is 115 Å². The lowest BCUT2D eigenvalue weighted by Gasteiger charge is -2.07. The molecule has 100 valence electrons. The van der Waals surface area contributed by atoms with Crippen LogP contribution in [0.15, 0.2) is 59.8 Å². The number of nitrogens with zero attached hydrogens (tertiary/aromatic N) is 2. The van der Waals surface area contributed by atoms with Crippen molar-refractivity contribution < 1.29 is 9.76 Å². The van der Waals surface area contributed by atoms with E-state index in [1.165, 1.54) is 12.1 Å². The highest BCUT2D eigenvalue weighted by Gasteiger charge is 2.24. The lowest BCUT2D eigenvalue weighted by molar-refractivity contribution is -0.385. The van der Waals surface area contributed by atoms with Gasteiger partial charge in [0.25, 0.3) is 5.69 Å². The molecule has 1 aliphatic rings. The van der Waals surface area contributed by atoms with Crippen molar-refractivity contribution in [1.82, 2.24) is 0 Å². The van der Waals surface area contributed by atoms with Gasteiger partial charge in [0.2, 0.25) is 0 Å². The summed E-state index contributed by atoms with van der Waals surface area (Å²) in [4.78, 5) is 15.8. The highest BCUT2D eigenvalue weighted by atomic mass is 16.6. The second-order valence-corrected chi connectivity index (χ2v) is 4.55. The summed E-state index contributed by atoms with van der Waals surface area (Å²) in [5, 5.41) is 14.9. The highest BCUT2D eigenvalue weighted by Crippen LogP contribution is 2.31. The van der Waals surface area contributed by atoms with Gasteiger partial charge >= 0.3 is 0 Å². The van der Waals surface area contributed by atoms with E-state index in [0.29, 0.717) is 6.42 Å². The molecule has 0 saturated carbocycles. The Bertz CT molecular complexity index is 668. The van der Waals surface area contributed by atoms with Crippen molar-refractivity contribution >= 4 is 11.4 Å². The lowest BCUT2D eigenvalue weighted by atomic mass is 10.00. The van der Waals surface area contributed by atoms with Crippen LogP contribution in [-0.2, 0) is 4.84 Å². The SMILES string of the molecule is O=[N+]([O-])c1cccc(C2CC(c3ccccc3)=NO2)c1. The predicted molar refractivity (Wildman–Crippen MR) is 74.5 cm³/mol. The van der Waals surface area contributed by atoms with Gasteiger partial charge in [-0.05, 0) is 5.56 Å². The van der Waals surface area contributed by atoms with E-state index in [1.54, 1.807) is 6.07 Å². The summed E-state index contributed by atoms with van der Waals surface area (Å²) < 4.78 is 0. The molecule has 1 heterocycles. The quantitative estimate of drug-likeness (QED) is 0.632. The second-order valence-electron chi connectivity index (χ2n) is 4.55. The molecule has 5 heteroatoms. The number of benzene rings is 2. The summed E-state index contributed by atoms with van der Waals surface area (Å²) in [6.45, 7) is 0. The van der Waals surface area contributed by atoms with E-state index in [-0.39, 0.29) is 11.8 Å². The zero-order valence-corrected chi connectivity index (χ0v) is 10.6. The molecule has 2 aromatic carbocycles. The lowest BCUT2D eigenvalue weighted by Crippen LogP contribution is -2.02. The van der Waals surface area contributed by atoms with Gasteiger partial charge < -0.3 is 4.84 Å². The third kappa shape index (κ3) is 2.38. The zero-order chi connectivity index (χ0) is 13.9. The van der Waals surface area contributed by atoms with Gasteiger partial charge in [0.05, 0.1) is 10.6 Å².